The van der Waals surface area contributed by atoms with Gasteiger partial charge in [-0.1, -0.05) is 0 Å². The summed E-state index contributed by atoms with van der Waals surface area (Å²) in [5, 5.41) is 0. The molecule has 0 aromatic carbocycles. The van der Waals surface area contributed by atoms with Crippen LogP contribution < -0.4 is 0 Å². The van der Waals surface area contributed by atoms with Gasteiger partial charge in [-0.2, -0.15) is 0 Å². The number of hydrogen-bond donors (Lipinski definition) is 1. The van der Waals surface area contributed by atoms with E-state index < -0.39 is 0 Å². The van der Waals surface area contributed by atoms with Crippen LogP contribution in [0.4, 0.5) is 0 Å². The normalized spacial score (nSPS) is 25.2. The molecule has 1 atom stereocenters. The van der Waals surface area contributed by atoms with Crippen LogP contribution in [0, 0.1) is 0 Å². The van der Waals surface area contributed by atoms with Gasteiger partial charge in [0.1, 0.15) is 5.69 Å². The molecule has 110 valence electrons. The lowest BCUT2D eigenvalue weighted by molar-refractivity contribution is 0.0602. The van der Waals surface area contributed by atoms with Crippen molar-refractivity contribution < 1.29 is 4.79 Å². The Balaban J connectivity index is 1.48. The first-order valence-electron chi connectivity index (χ1n) is 7.59. The number of H-pyrrole nitrogens is 1. The summed E-state index contributed by atoms with van der Waals surface area (Å²) in [6.07, 6.45) is 4.45. The lowest BCUT2D eigenvalue weighted by atomic mass is 10.2. The maximum Gasteiger partial charge on any atom is 0.270 e. The van der Waals surface area contributed by atoms with Gasteiger partial charge in [-0.3, -0.25) is 9.69 Å². The molecule has 1 aromatic heterocycles. The molecule has 5 heteroatoms. The summed E-state index contributed by atoms with van der Waals surface area (Å²) in [5.41, 5.74) is 0.703. The Morgan fingerprint density at radius 2 is 2.10 bits per heavy atom. The molecule has 1 N–H and O–H groups in total. The highest BCUT2D eigenvalue weighted by Gasteiger charge is 2.27. The van der Waals surface area contributed by atoms with E-state index >= 15 is 0 Å². The van der Waals surface area contributed by atoms with Gasteiger partial charge >= 0.3 is 0 Å². The van der Waals surface area contributed by atoms with Crippen molar-refractivity contribution in [1.29, 1.82) is 0 Å². The van der Waals surface area contributed by atoms with Crippen LogP contribution in [-0.4, -0.2) is 77.9 Å². The lowest BCUT2D eigenvalue weighted by Crippen LogP contribution is -2.51. The molecule has 3 heterocycles. The van der Waals surface area contributed by atoms with Crippen molar-refractivity contribution in [2.45, 2.75) is 18.9 Å². The Hall–Kier alpha value is -1.33. The largest absolute Gasteiger partial charge is 0.357 e. The fraction of sp³-hybridized carbons (Fsp3) is 0.667. The Morgan fingerprint density at radius 1 is 1.30 bits per heavy atom. The number of carbonyl (C=O) groups is 1. The van der Waals surface area contributed by atoms with Crippen LogP contribution in [0.5, 0.6) is 0 Å². The van der Waals surface area contributed by atoms with E-state index in [1.54, 1.807) is 6.20 Å². The maximum absolute atomic E-state index is 12.2. The number of nitrogens with one attached hydrogen (secondary N) is 1. The third kappa shape index (κ3) is 2.88. The van der Waals surface area contributed by atoms with Crippen LogP contribution in [0.3, 0.4) is 0 Å². The molecule has 0 aliphatic carbocycles. The Morgan fingerprint density at radius 3 is 2.70 bits per heavy atom. The van der Waals surface area contributed by atoms with E-state index in [2.05, 4.69) is 21.8 Å². The van der Waals surface area contributed by atoms with E-state index in [0.29, 0.717) is 11.7 Å². The van der Waals surface area contributed by atoms with Gasteiger partial charge in [-0.05, 0) is 38.6 Å². The fourth-order valence-electron chi connectivity index (χ4n) is 3.28. The van der Waals surface area contributed by atoms with Crippen LogP contribution in [0.1, 0.15) is 23.3 Å². The first-order chi connectivity index (χ1) is 9.74. The molecule has 0 unspecified atom stereocenters. The van der Waals surface area contributed by atoms with Gasteiger partial charge in [0.05, 0.1) is 0 Å². The number of likely N-dealkylation sites (N-methyl/N-ethyl adjacent to an activating group) is 1. The molecule has 2 aliphatic rings. The lowest BCUT2D eigenvalue weighted by Gasteiger charge is -2.36. The topological polar surface area (TPSA) is 42.6 Å². The van der Waals surface area contributed by atoms with E-state index in [1.807, 2.05) is 17.0 Å². The van der Waals surface area contributed by atoms with Gasteiger partial charge in [-0.15, -0.1) is 0 Å². The van der Waals surface area contributed by atoms with Crippen molar-refractivity contribution >= 4 is 5.91 Å². The average molecular weight is 276 g/mol. The van der Waals surface area contributed by atoms with E-state index in [-0.39, 0.29) is 5.91 Å². The highest BCUT2D eigenvalue weighted by Crippen LogP contribution is 2.17. The second-order valence-electron chi connectivity index (χ2n) is 5.95. The molecule has 2 fully saturated rings. The van der Waals surface area contributed by atoms with Crippen molar-refractivity contribution in [2.24, 2.45) is 0 Å². The van der Waals surface area contributed by atoms with Crippen LogP contribution in [0.15, 0.2) is 18.3 Å². The number of nitrogens with zero attached hydrogens (tertiary/aromatic N) is 3. The summed E-state index contributed by atoms with van der Waals surface area (Å²) in [6.45, 7) is 6.06. The van der Waals surface area contributed by atoms with Crippen molar-refractivity contribution in [2.75, 3.05) is 46.3 Å². The molecule has 0 radical (unpaired) electrons. The van der Waals surface area contributed by atoms with Crippen molar-refractivity contribution in [3.8, 4) is 0 Å². The van der Waals surface area contributed by atoms with Gasteiger partial charge in [-0.25, -0.2) is 0 Å². The number of piperazine rings is 1. The number of rotatable bonds is 3. The summed E-state index contributed by atoms with van der Waals surface area (Å²) in [6, 6.07) is 4.43. The van der Waals surface area contributed by atoms with E-state index in [1.165, 1.54) is 19.4 Å². The summed E-state index contributed by atoms with van der Waals surface area (Å²) >= 11 is 0. The molecule has 1 amide bonds. The average Bonchev–Trinajstić information content (AvgIpc) is 3.12. The minimum absolute atomic E-state index is 0.132. The third-order valence-corrected chi connectivity index (χ3v) is 4.63. The zero-order chi connectivity index (χ0) is 13.9. The van der Waals surface area contributed by atoms with E-state index in [0.717, 1.165) is 32.7 Å². The number of carbonyl (C=O) groups excluding carboxylic acids is 1. The monoisotopic (exact) mass is 276 g/mol. The quantitative estimate of drug-likeness (QED) is 0.890. The molecular formula is C15H24N4O. The first kappa shape index (κ1) is 13.6. The SMILES string of the molecule is CN1CCC[C@@H]1CN1CCN(C(=O)c2ccc[nH]2)CC1. The highest BCUT2D eigenvalue weighted by atomic mass is 16.2. The second-order valence-corrected chi connectivity index (χ2v) is 5.95. The summed E-state index contributed by atoms with van der Waals surface area (Å²) in [4.78, 5) is 22.2. The molecule has 0 bridgehead atoms. The first-order valence-corrected chi connectivity index (χ1v) is 7.59. The zero-order valence-electron chi connectivity index (χ0n) is 12.2. The number of likely N-dealkylation sites (tertiary alicyclic amines) is 1. The molecule has 0 spiro atoms. The Bertz CT molecular complexity index is 437. The Labute approximate surface area is 120 Å². The van der Waals surface area contributed by atoms with Crippen molar-refractivity contribution in [3.05, 3.63) is 24.0 Å². The molecule has 2 aliphatic heterocycles. The zero-order valence-corrected chi connectivity index (χ0v) is 12.2. The fourth-order valence-corrected chi connectivity index (χ4v) is 3.28. The standard InChI is InChI=1S/C15H24N4O/c1-17-7-3-4-13(17)12-18-8-10-19(11-9-18)15(20)14-5-2-6-16-14/h2,5-6,13,16H,3-4,7-12H2,1H3/t13-/m1/s1. The van der Waals surface area contributed by atoms with Crippen molar-refractivity contribution in [3.63, 3.8) is 0 Å². The molecule has 20 heavy (non-hydrogen) atoms. The van der Waals surface area contributed by atoms with Crippen LogP contribution in [-0.2, 0) is 0 Å². The second kappa shape index (κ2) is 5.97. The minimum atomic E-state index is 0.132. The highest BCUT2D eigenvalue weighted by molar-refractivity contribution is 5.92. The van der Waals surface area contributed by atoms with Gasteiger partial charge in [0, 0.05) is 45.0 Å². The predicted octanol–water partition coefficient (Wildman–Crippen LogP) is 0.867. The number of hydrogen-bond acceptors (Lipinski definition) is 3. The molecule has 5 nitrogen and oxygen atoms in total. The minimum Gasteiger partial charge on any atom is -0.357 e. The maximum atomic E-state index is 12.2. The number of aromatic amines is 1. The smallest absolute Gasteiger partial charge is 0.270 e. The van der Waals surface area contributed by atoms with Crippen LogP contribution in [0.2, 0.25) is 0 Å². The Kier molecular flexibility index (Phi) is 4.08. The predicted molar refractivity (Wildman–Crippen MR) is 78.8 cm³/mol. The van der Waals surface area contributed by atoms with Gasteiger partial charge in [0.2, 0.25) is 0 Å². The molecule has 3 rings (SSSR count). The van der Waals surface area contributed by atoms with E-state index in [4.69, 9.17) is 0 Å². The summed E-state index contributed by atoms with van der Waals surface area (Å²) < 4.78 is 0. The van der Waals surface area contributed by atoms with Gasteiger partial charge in [0.25, 0.3) is 5.91 Å². The molecule has 1 aromatic rings. The van der Waals surface area contributed by atoms with Gasteiger partial charge in [0.15, 0.2) is 0 Å². The number of aromatic nitrogens is 1. The number of amides is 1. The van der Waals surface area contributed by atoms with Crippen molar-refractivity contribution in [1.82, 2.24) is 19.7 Å². The van der Waals surface area contributed by atoms with Crippen LogP contribution in [0.25, 0.3) is 0 Å². The van der Waals surface area contributed by atoms with E-state index in [9.17, 15) is 4.79 Å². The van der Waals surface area contributed by atoms with Gasteiger partial charge < -0.3 is 14.8 Å². The molecule has 2 saturated heterocycles. The molecular weight excluding hydrogens is 252 g/mol. The summed E-state index contributed by atoms with van der Waals surface area (Å²) in [7, 11) is 2.22. The summed E-state index contributed by atoms with van der Waals surface area (Å²) in [5.74, 6) is 0.132. The molecule has 0 saturated carbocycles. The third-order valence-electron chi connectivity index (χ3n) is 4.63. The van der Waals surface area contributed by atoms with Crippen LogP contribution >= 0.6 is 0 Å².